The number of hydrogen-bond donors (Lipinski definition) is 2. The van der Waals surface area contributed by atoms with Gasteiger partial charge in [0.2, 0.25) is 0 Å². The Morgan fingerprint density at radius 3 is 2.37 bits per heavy atom. The van der Waals surface area contributed by atoms with E-state index in [0.29, 0.717) is 25.7 Å². The van der Waals surface area contributed by atoms with Gasteiger partial charge in [0.25, 0.3) is 0 Å². The quantitative estimate of drug-likeness (QED) is 0.410. The summed E-state index contributed by atoms with van der Waals surface area (Å²) in [4.78, 5) is 14.0. The summed E-state index contributed by atoms with van der Waals surface area (Å²) in [6.45, 7) is 10.7. The number of carbonyl (C=O) groups is 1. The Morgan fingerprint density at radius 2 is 1.54 bits per heavy atom. The van der Waals surface area contributed by atoms with E-state index in [-0.39, 0.29) is 123 Å². The second-order valence-corrected chi connectivity index (χ2v) is 17.4. The van der Waals surface area contributed by atoms with Crippen LogP contribution < -0.4 is 0 Å². The number of aliphatic hydroxyl groups excluding tert-OH is 2. The van der Waals surface area contributed by atoms with Crippen molar-refractivity contribution < 1.29 is 57.6 Å². The molecule has 0 radical (unpaired) electrons. The number of methoxy groups -OCH3 is 1. The minimum absolute atomic E-state index is 0.0260. The topological polar surface area (TPSA) is 141 Å². The summed E-state index contributed by atoms with van der Waals surface area (Å²) < 4.78 is 59.8. The van der Waals surface area contributed by atoms with Crippen molar-refractivity contribution in [3.63, 3.8) is 0 Å². The summed E-state index contributed by atoms with van der Waals surface area (Å²) in [5, 5.41) is 20.1. The minimum Gasteiger partial charge on any atom is -0.394 e. The fourth-order valence-corrected chi connectivity index (χ4v) is 11.3. The van der Waals surface area contributed by atoms with E-state index < -0.39 is 24.1 Å². The molecule has 0 saturated carbocycles. The standard InChI is InChI=1S/C40H58O12/c1-19-11-24-5-7-28-20(2)12-26(45-28)9-10-40-17-33-36(51-40)37-38(50-33)39(52-40)35-29(49-37)8-6-25(47-35)13-22(42)14-27-31(16-30(46-24)21(19)3)48-32(34(27)44-4)15-23(43)18-41/h19,23-39,41,43H,2-3,5-18H2,1,4H3/t19-,23?,24?,25?,26?,27?,28+,29?,30?,31+,32-,33-,34-,35+,36?,37+,38?,39?,40+/m1/s1. The second-order valence-electron chi connectivity index (χ2n) is 17.4. The summed E-state index contributed by atoms with van der Waals surface area (Å²) in [5.41, 5.74) is 2.17. The molecule has 10 fully saturated rings. The summed E-state index contributed by atoms with van der Waals surface area (Å²) in [5.74, 6) is -0.709. The zero-order valence-corrected chi connectivity index (χ0v) is 30.7. The molecular weight excluding hydrogens is 672 g/mol. The number of fused-ring (bicyclic) bond motifs is 6. The van der Waals surface area contributed by atoms with E-state index in [1.807, 2.05) is 0 Å². The zero-order valence-electron chi connectivity index (χ0n) is 30.7. The molecule has 0 aromatic heterocycles. The monoisotopic (exact) mass is 730 g/mol. The molecule has 10 heterocycles. The number of hydrogen-bond acceptors (Lipinski definition) is 12. The lowest BCUT2D eigenvalue weighted by Gasteiger charge is -2.47. The van der Waals surface area contributed by atoms with Crippen LogP contribution in [-0.4, -0.2) is 133 Å². The third kappa shape index (κ3) is 6.59. The van der Waals surface area contributed by atoms with Crippen LogP contribution in [0.2, 0.25) is 0 Å². The zero-order chi connectivity index (χ0) is 35.9. The predicted octanol–water partition coefficient (Wildman–Crippen LogP) is 3.47. The molecule has 10 unspecified atom stereocenters. The molecule has 12 nitrogen and oxygen atoms in total. The summed E-state index contributed by atoms with van der Waals surface area (Å²) in [6.07, 6.45) is 4.01. The van der Waals surface area contributed by atoms with Crippen LogP contribution in [0.1, 0.15) is 90.4 Å². The van der Waals surface area contributed by atoms with E-state index in [2.05, 4.69) is 20.1 Å². The molecule has 2 N–H and O–H groups in total. The lowest BCUT2D eigenvalue weighted by Crippen LogP contribution is -2.61. The summed E-state index contributed by atoms with van der Waals surface area (Å²) in [6, 6.07) is 0. The lowest BCUT2D eigenvalue weighted by molar-refractivity contribution is -0.292. The van der Waals surface area contributed by atoms with Crippen LogP contribution >= 0.6 is 0 Å². The van der Waals surface area contributed by atoms with Crippen molar-refractivity contribution in [2.75, 3.05) is 13.7 Å². The van der Waals surface area contributed by atoms with Crippen molar-refractivity contribution in [2.24, 2.45) is 11.8 Å². The van der Waals surface area contributed by atoms with E-state index in [0.717, 1.165) is 49.7 Å². The number of Topliss-reactive ketones (excluding diaryl/α,β-unsaturated/α-hetero) is 1. The molecule has 1 spiro atoms. The van der Waals surface area contributed by atoms with Gasteiger partial charge in [0.1, 0.15) is 36.3 Å². The third-order valence-corrected chi connectivity index (χ3v) is 13.9. The normalized spacial score (nSPS) is 52.4. The van der Waals surface area contributed by atoms with Crippen LogP contribution in [0.15, 0.2) is 24.3 Å². The molecule has 10 rings (SSSR count). The van der Waals surface area contributed by atoms with E-state index in [1.54, 1.807) is 7.11 Å². The van der Waals surface area contributed by atoms with Gasteiger partial charge in [0.15, 0.2) is 5.79 Å². The molecule has 12 heteroatoms. The number of carbonyl (C=O) groups excluding carboxylic acids is 1. The molecule has 10 aliphatic heterocycles. The molecule has 0 amide bonds. The highest BCUT2D eigenvalue weighted by atomic mass is 16.8. The van der Waals surface area contributed by atoms with Crippen molar-refractivity contribution in [3.05, 3.63) is 24.3 Å². The second kappa shape index (κ2) is 14.3. The highest BCUT2D eigenvalue weighted by Gasteiger charge is 2.68. The van der Waals surface area contributed by atoms with Crippen LogP contribution in [0.4, 0.5) is 0 Å². The third-order valence-electron chi connectivity index (χ3n) is 13.9. The smallest absolute Gasteiger partial charge is 0.172 e. The Hall–Kier alpha value is -1.29. The Balaban J connectivity index is 0.994. The van der Waals surface area contributed by atoms with Gasteiger partial charge in [-0.1, -0.05) is 20.1 Å². The maximum absolute atomic E-state index is 14.0. The van der Waals surface area contributed by atoms with Crippen LogP contribution in [0.3, 0.4) is 0 Å². The highest BCUT2D eigenvalue weighted by molar-refractivity contribution is 5.79. The van der Waals surface area contributed by atoms with Gasteiger partial charge in [-0.3, -0.25) is 4.79 Å². The van der Waals surface area contributed by atoms with Crippen molar-refractivity contribution in [1.29, 1.82) is 0 Å². The first-order valence-electron chi connectivity index (χ1n) is 20.1. The minimum atomic E-state index is -0.951. The summed E-state index contributed by atoms with van der Waals surface area (Å²) in [7, 11) is 1.63. The highest BCUT2D eigenvalue weighted by Crippen LogP contribution is 2.54. The van der Waals surface area contributed by atoms with Crippen LogP contribution in [-0.2, 0) is 47.4 Å². The van der Waals surface area contributed by atoms with E-state index in [9.17, 15) is 15.0 Å². The fourth-order valence-electron chi connectivity index (χ4n) is 11.3. The maximum atomic E-state index is 14.0. The van der Waals surface area contributed by atoms with E-state index in [1.165, 1.54) is 0 Å². The molecule has 290 valence electrons. The first-order chi connectivity index (χ1) is 25.1. The SMILES string of the molecule is C=C1C2C[C@@H]3O[C@H](CC(O)CO)[C@H](OC)C3CC(=O)CC3CCC4O[C@@H]5C6O[C@@H]7C[C@](CCC8CC(=C)[C@H](CCC(C[C@H]1C)O2)O8)(OC6[C@H]4O3)OC57. The molecule has 0 aromatic carbocycles. The maximum Gasteiger partial charge on any atom is 0.172 e. The summed E-state index contributed by atoms with van der Waals surface area (Å²) >= 11 is 0. The van der Waals surface area contributed by atoms with Gasteiger partial charge in [0, 0.05) is 51.6 Å². The van der Waals surface area contributed by atoms with Crippen molar-refractivity contribution in [1.82, 2.24) is 0 Å². The Kier molecular flexibility index (Phi) is 10.0. The Bertz CT molecular complexity index is 1370. The number of ether oxygens (including phenoxy) is 9. The van der Waals surface area contributed by atoms with Crippen LogP contribution in [0, 0.1) is 11.8 Å². The van der Waals surface area contributed by atoms with Crippen molar-refractivity contribution in [3.8, 4) is 0 Å². The van der Waals surface area contributed by atoms with Gasteiger partial charge in [0.05, 0.1) is 73.8 Å². The van der Waals surface area contributed by atoms with Gasteiger partial charge < -0.3 is 52.8 Å². The average molecular weight is 731 g/mol. The van der Waals surface area contributed by atoms with E-state index >= 15 is 0 Å². The first-order valence-corrected chi connectivity index (χ1v) is 20.1. The van der Waals surface area contributed by atoms with Crippen molar-refractivity contribution >= 4 is 5.78 Å². The molecule has 0 aliphatic carbocycles. The average Bonchev–Trinajstić information content (AvgIpc) is 3.79. The molecular formula is C40H58O12. The number of aliphatic hydroxyl groups is 2. The van der Waals surface area contributed by atoms with Gasteiger partial charge in [-0.2, -0.15) is 0 Å². The molecule has 52 heavy (non-hydrogen) atoms. The molecule has 0 aromatic rings. The Labute approximate surface area is 306 Å². The van der Waals surface area contributed by atoms with Crippen molar-refractivity contribution in [2.45, 2.75) is 194 Å². The van der Waals surface area contributed by atoms with Gasteiger partial charge in [-0.25, -0.2) is 0 Å². The molecule has 12 bridgehead atoms. The van der Waals surface area contributed by atoms with Gasteiger partial charge >= 0.3 is 0 Å². The largest absolute Gasteiger partial charge is 0.394 e. The lowest BCUT2D eigenvalue weighted by atomic mass is 9.81. The Morgan fingerprint density at radius 1 is 0.788 bits per heavy atom. The van der Waals surface area contributed by atoms with Gasteiger partial charge in [-0.15, -0.1) is 0 Å². The van der Waals surface area contributed by atoms with Crippen LogP contribution in [0.25, 0.3) is 0 Å². The van der Waals surface area contributed by atoms with Crippen LogP contribution in [0.5, 0.6) is 0 Å². The molecule has 19 atom stereocenters. The number of ketones is 1. The molecule has 10 saturated heterocycles. The van der Waals surface area contributed by atoms with E-state index in [4.69, 9.17) is 42.6 Å². The predicted molar refractivity (Wildman–Crippen MR) is 184 cm³/mol. The first kappa shape index (κ1) is 36.4. The fraction of sp³-hybridized carbons (Fsp3) is 0.875. The van der Waals surface area contributed by atoms with Gasteiger partial charge in [-0.05, 0) is 62.0 Å². The number of rotatable bonds is 4. The molecule has 10 aliphatic rings.